The van der Waals surface area contributed by atoms with Crippen LogP contribution in [0.2, 0.25) is 0 Å². The summed E-state index contributed by atoms with van der Waals surface area (Å²) in [6.45, 7) is 0. The van der Waals surface area contributed by atoms with E-state index >= 15 is 0 Å². The van der Waals surface area contributed by atoms with Crippen molar-refractivity contribution in [3.63, 3.8) is 0 Å². The van der Waals surface area contributed by atoms with Crippen molar-refractivity contribution in [3.05, 3.63) is 59.2 Å². The predicted molar refractivity (Wildman–Crippen MR) is 69.4 cm³/mol. The molecule has 0 aliphatic heterocycles. The number of phenols is 1. The summed E-state index contributed by atoms with van der Waals surface area (Å²) >= 11 is 0. The monoisotopic (exact) mass is 293 g/mol. The average molecular weight is 293 g/mol. The van der Waals surface area contributed by atoms with E-state index in [-0.39, 0.29) is 5.56 Å². The Balaban J connectivity index is 2.38. The third-order valence-corrected chi connectivity index (χ3v) is 2.69. The number of hydrogen-bond acceptors (Lipinski definition) is 3. The van der Waals surface area contributed by atoms with Gasteiger partial charge in [0.15, 0.2) is 0 Å². The lowest BCUT2D eigenvalue weighted by Crippen LogP contribution is -2.16. The number of nitrogens with one attached hydrogen (secondary N) is 1. The van der Waals surface area contributed by atoms with E-state index in [9.17, 15) is 23.5 Å². The number of para-hydroxylation sites is 1. The van der Waals surface area contributed by atoms with E-state index in [0.717, 1.165) is 24.3 Å². The first-order valence-electron chi connectivity index (χ1n) is 5.72. The van der Waals surface area contributed by atoms with Crippen molar-refractivity contribution in [3.8, 4) is 5.75 Å². The van der Waals surface area contributed by atoms with Gasteiger partial charge in [0.1, 0.15) is 17.4 Å². The molecule has 1 amide bonds. The fourth-order valence-electron chi connectivity index (χ4n) is 1.71. The first-order chi connectivity index (χ1) is 9.90. The van der Waals surface area contributed by atoms with Gasteiger partial charge in [-0.1, -0.05) is 6.07 Å². The summed E-state index contributed by atoms with van der Waals surface area (Å²) in [6.07, 6.45) is 0. The summed E-state index contributed by atoms with van der Waals surface area (Å²) in [5, 5.41) is 20.5. The molecule has 2 aromatic rings. The Morgan fingerprint density at radius 1 is 1.05 bits per heavy atom. The van der Waals surface area contributed by atoms with Crippen LogP contribution in [0.15, 0.2) is 36.4 Å². The van der Waals surface area contributed by atoms with Gasteiger partial charge in [0.05, 0.1) is 16.8 Å². The molecule has 0 atom stereocenters. The van der Waals surface area contributed by atoms with E-state index in [1.165, 1.54) is 6.07 Å². The fraction of sp³-hybridized carbons (Fsp3) is 0. The smallest absolute Gasteiger partial charge is 0.337 e. The maximum absolute atomic E-state index is 13.7. The molecule has 0 radical (unpaired) electrons. The second-order valence-corrected chi connectivity index (χ2v) is 4.08. The summed E-state index contributed by atoms with van der Waals surface area (Å²) in [7, 11) is 0. The van der Waals surface area contributed by atoms with Crippen molar-refractivity contribution >= 4 is 17.6 Å². The third-order valence-electron chi connectivity index (χ3n) is 2.69. The summed E-state index contributed by atoms with van der Waals surface area (Å²) in [6, 6.07) is 5.94. The highest BCUT2D eigenvalue weighted by molar-refractivity contribution is 6.09. The van der Waals surface area contributed by atoms with Crippen LogP contribution in [0.5, 0.6) is 5.75 Å². The van der Waals surface area contributed by atoms with E-state index in [4.69, 9.17) is 5.11 Å². The van der Waals surface area contributed by atoms with Crippen LogP contribution >= 0.6 is 0 Å². The van der Waals surface area contributed by atoms with Gasteiger partial charge in [-0.15, -0.1) is 0 Å². The lowest BCUT2D eigenvalue weighted by atomic mass is 10.1. The average Bonchev–Trinajstić information content (AvgIpc) is 2.40. The molecule has 0 unspecified atom stereocenters. The number of halogens is 2. The first-order valence-corrected chi connectivity index (χ1v) is 5.72. The summed E-state index contributed by atoms with van der Waals surface area (Å²) in [5.41, 5.74) is -1.28. The molecule has 2 aromatic carbocycles. The molecule has 108 valence electrons. The number of benzene rings is 2. The minimum atomic E-state index is -1.42. The molecule has 0 aliphatic rings. The van der Waals surface area contributed by atoms with Crippen LogP contribution in [-0.4, -0.2) is 22.1 Å². The number of hydrogen-bond donors (Lipinski definition) is 3. The molecule has 3 N–H and O–H groups in total. The molecule has 5 nitrogen and oxygen atoms in total. The van der Waals surface area contributed by atoms with Crippen LogP contribution in [-0.2, 0) is 0 Å². The molecule has 0 saturated carbocycles. The SMILES string of the molecule is O=C(Nc1c(F)cccc1C(=O)O)c1ccc(F)cc1O. The minimum absolute atomic E-state index is 0.309. The topological polar surface area (TPSA) is 86.6 Å². The van der Waals surface area contributed by atoms with Gasteiger partial charge in [-0.05, 0) is 24.3 Å². The number of carbonyl (C=O) groups excluding carboxylic acids is 1. The molecule has 0 fully saturated rings. The van der Waals surface area contributed by atoms with E-state index in [2.05, 4.69) is 5.32 Å². The van der Waals surface area contributed by atoms with Crippen LogP contribution in [0.25, 0.3) is 0 Å². The standard InChI is InChI=1S/C14H9F2NO4/c15-7-4-5-8(11(18)6-7)13(19)17-12-9(14(20)21)2-1-3-10(12)16/h1-6,18H,(H,17,19)(H,20,21). The van der Waals surface area contributed by atoms with Gasteiger partial charge in [-0.25, -0.2) is 13.6 Å². The third kappa shape index (κ3) is 2.97. The number of anilines is 1. The Morgan fingerprint density at radius 2 is 1.76 bits per heavy atom. The Labute approximate surface area is 117 Å². The molecule has 0 heterocycles. The number of rotatable bonds is 3. The number of carbonyl (C=O) groups is 2. The van der Waals surface area contributed by atoms with Gasteiger partial charge in [0.2, 0.25) is 0 Å². The van der Waals surface area contributed by atoms with E-state index in [0.29, 0.717) is 6.07 Å². The molecule has 7 heteroatoms. The van der Waals surface area contributed by atoms with Gasteiger partial charge in [0.25, 0.3) is 5.91 Å². The summed E-state index contributed by atoms with van der Waals surface area (Å²) < 4.78 is 26.5. The molecule has 21 heavy (non-hydrogen) atoms. The van der Waals surface area contributed by atoms with Crippen molar-refractivity contribution in [2.75, 3.05) is 5.32 Å². The lowest BCUT2D eigenvalue weighted by Gasteiger charge is -2.10. The van der Waals surface area contributed by atoms with Gasteiger partial charge >= 0.3 is 5.97 Å². The van der Waals surface area contributed by atoms with Crippen molar-refractivity contribution in [2.24, 2.45) is 0 Å². The van der Waals surface area contributed by atoms with Gasteiger partial charge in [0, 0.05) is 6.07 Å². The Hall–Kier alpha value is -2.96. The zero-order chi connectivity index (χ0) is 15.6. The number of phenolic OH excluding ortho intramolecular Hbond substituents is 1. The van der Waals surface area contributed by atoms with Crippen molar-refractivity contribution in [1.82, 2.24) is 0 Å². The fourth-order valence-corrected chi connectivity index (χ4v) is 1.71. The predicted octanol–water partition coefficient (Wildman–Crippen LogP) is 2.62. The Morgan fingerprint density at radius 3 is 2.38 bits per heavy atom. The van der Waals surface area contributed by atoms with Crippen molar-refractivity contribution < 1.29 is 28.6 Å². The second-order valence-electron chi connectivity index (χ2n) is 4.08. The quantitative estimate of drug-likeness (QED) is 0.812. The van der Waals surface area contributed by atoms with E-state index in [1.807, 2.05) is 0 Å². The molecular weight excluding hydrogens is 284 g/mol. The normalized spacial score (nSPS) is 10.2. The molecule has 0 bridgehead atoms. The van der Waals surface area contributed by atoms with E-state index in [1.54, 1.807) is 0 Å². The Kier molecular flexibility index (Phi) is 3.84. The summed E-state index contributed by atoms with van der Waals surface area (Å²) in [4.78, 5) is 22.9. The van der Waals surface area contributed by atoms with Gasteiger partial charge < -0.3 is 15.5 Å². The van der Waals surface area contributed by atoms with Crippen LogP contribution < -0.4 is 5.32 Å². The molecule has 0 spiro atoms. The highest BCUT2D eigenvalue weighted by atomic mass is 19.1. The van der Waals surface area contributed by atoms with Gasteiger partial charge in [-0.3, -0.25) is 4.79 Å². The zero-order valence-electron chi connectivity index (χ0n) is 10.4. The van der Waals surface area contributed by atoms with Crippen molar-refractivity contribution in [1.29, 1.82) is 0 Å². The lowest BCUT2D eigenvalue weighted by molar-refractivity contribution is 0.0697. The number of aromatic carboxylic acids is 1. The molecule has 2 rings (SSSR count). The van der Waals surface area contributed by atoms with Crippen LogP contribution in [0.1, 0.15) is 20.7 Å². The Bertz CT molecular complexity index is 731. The minimum Gasteiger partial charge on any atom is -0.507 e. The number of amides is 1. The molecule has 0 aromatic heterocycles. The van der Waals surface area contributed by atoms with Crippen LogP contribution in [0.3, 0.4) is 0 Å². The molecule has 0 aliphatic carbocycles. The van der Waals surface area contributed by atoms with Crippen LogP contribution in [0.4, 0.5) is 14.5 Å². The van der Waals surface area contributed by atoms with Crippen LogP contribution in [0, 0.1) is 11.6 Å². The molecular formula is C14H9F2NO4. The molecule has 0 saturated heterocycles. The second kappa shape index (κ2) is 5.58. The maximum atomic E-state index is 13.7. The van der Waals surface area contributed by atoms with Crippen molar-refractivity contribution in [2.45, 2.75) is 0 Å². The van der Waals surface area contributed by atoms with Gasteiger partial charge in [-0.2, -0.15) is 0 Å². The van der Waals surface area contributed by atoms with E-state index < -0.39 is 40.5 Å². The number of carboxylic acid groups (broad SMARTS) is 1. The highest BCUT2D eigenvalue weighted by Crippen LogP contribution is 2.23. The number of carboxylic acids is 1. The summed E-state index contributed by atoms with van der Waals surface area (Å²) in [5.74, 6) is -4.71. The maximum Gasteiger partial charge on any atom is 0.337 e. The highest BCUT2D eigenvalue weighted by Gasteiger charge is 2.19. The zero-order valence-corrected chi connectivity index (χ0v) is 10.4. The first kappa shape index (κ1) is 14.4. The largest absolute Gasteiger partial charge is 0.507 e. The number of aromatic hydroxyl groups is 1.